The van der Waals surface area contributed by atoms with Crippen LogP contribution in [-0.4, -0.2) is 17.4 Å². The van der Waals surface area contributed by atoms with Crippen LogP contribution in [0.1, 0.15) is 15.4 Å². The van der Waals surface area contributed by atoms with E-state index < -0.39 is 16.5 Å². The second-order valence-corrected chi connectivity index (χ2v) is 6.04. The van der Waals surface area contributed by atoms with E-state index in [2.05, 4.69) is 5.32 Å². The quantitative estimate of drug-likeness (QED) is 0.566. The minimum atomic E-state index is -0.703. The van der Waals surface area contributed by atoms with Crippen molar-refractivity contribution in [2.45, 2.75) is 6.42 Å². The molecule has 0 aliphatic carbocycles. The van der Waals surface area contributed by atoms with Crippen LogP contribution in [0.4, 0.5) is 5.69 Å². The van der Waals surface area contributed by atoms with Crippen LogP contribution in [0.3, 0.4) is 0 Å². The van der Waals surface area contributed by atoms with Gasteiger partial charge in [-0.05, 0) is 35.4 Å². The number of rotatable bonds is 5. The second kappa shape index (κ2) is 6.63. The van der Waals surface area contributed by atoms with Crippen LogP contribution in [-0.2, 0) is 6.42 Å². The Kier molecular flexibility index (Phi) is 4.39. The molecule has 0 radical (unpaired) electrons. The van der Waals surface area contributed by atoms with Gasteiger partial charge in [-0.1, -0.05) is 6.07 Å². The first-order valence-corrected chi connectivity index (χ1v) is 7.95. The standard InChI is InChI=1S/C16H12N2O5S/c19-15(17-6-5-12-2-1-7-24-12)14-9-10-8-11(18(21)22)3-4-13(10)16(20)23-14/h1-4,7-9H,5-6H2,(H,17,19). The fourth-order valence-electron chi connectivity index (χ4n) is 2.25. The number of hydrogen-bond donors (Lipinski definition) is 1. The maximum Gasteiger partial charge on any atom is 0.344 e. The predicted octanol–water partition coefficient (Wildman–Crippen LogP) is 2.74. The fourth-order valence-corrected chi connectivity index (χ4v) is 2.96. The summed E-state index contributed by atoms with van der Waals surface area (Å²) in [6, 6.07) is 9.01. The Hall–Kier alpha value is -3.00. The average Bonchev–Trinajstić information content (AvgIpc) is 3.07. The van der Waals surface area contributed by atoms with Crippen molar-refractivity contribution in [3.63, 3.8) is 0 Å². The molecule has 3 rings (SSSR count). The molecule has 1 N–H and O–H groups in total. The number of non-ortho nitro benzene ring substituents is 1. The Morgan fingerprint density at radius 3 is 2.83 bits per heavy atom. The third-order valence-electron chi connectivity index (χ3n) is 3.42. The highest BCUT2D eigenvalue weighted by Gasteiger charge is 2.14. The van der Waals surface area contributed by atoms with E-state index in [-0.39, 0.29) is 16.8 Å². The highest BCUT2D eigenvalue weighted by atomic mass is 32.1. The van der Waals surface area contributed by atoms with Crippen molar-refractivity contribution in [1.29, 1.82) is 0 Å². The number of hydrogen-bond acceptors (Lipinski definition) is 6. The molecule has 24 heavy (non-hydrogen) atoms. The van der Waals surface area contributed by atoms with E-state index in [0.717, 1.165) is 4.88 Å². The van der Waals surface area contributed by atoms with Gasteiger partial charge >= 0.3 is 5.63 Å². The molecule has 0 atom stereocenters. The lowest BCUT2D eigenvalue weighted by Crippen LogP contribution is -2.26. The first kappa shape index (κ1) is 15.9. The molecular weight excluding hydrogens is 332 g/mol. The van der Waals surface area contributed by atoms with Gasteiger partial charge in [0.2, 0.25) is 0 Å². The van der Waals surface area contributed by atoms with Gasteiger partial charge in [-0.25, -0.2) is 4.79 Å². The molecule has 0 aliphatic rings. The van der Waals surface area contributed by atoms with Gasteiger partial charge in [0.1, 0.15) is 0 Å². The van der Waals surface area contributed by atoms with Crippen LogP contribution in [0.25, 0.3) is 10.8 Å². The lowest BCUT2D eigenvalue weighted by Gasteiger charge is -2.04. The van der Waals surface area contributed by atoms with Crippen LogP contribution in [0.5, 0.6) is 0 Å². The van der Waals surface area contributed by atoms with E-state index in [1.165, 1.54) is 24.3 Å². The Balaban J connectivity index is 1.81. The number of benzene rings is 1. The van der Waals surface area contributed by atoms with Crippen LogP contribution >= 0.6 is 11.3 Å². The van der Waals surface area contributed by atoms with Crippen molar-refractivity contribution in [3.05, 3.63) is 73.0 Å². The number of thiophene rings is 1. The Morgan fingerprint density at radius 1 is 1.29 bits per heavy atom. The molecule has 0 saturated carbocycles. The number of amides is 1. The maximum atomic E-state index is 12.1. The summed E-state index contributed by atoms with van der Waals surface area (Å²) in [5, 5.41) is 15.9. The third-order valence-corrected chi connectivity index (χ3v) is 4.35. The summed E-state index contributed by atoms with van der Waals surface area (Å²) in [4.78, 5) is 35.4. The lowest BCUT2D eigenvalue weighted by atomic mass is 10.1. The highest BCUT2D eigenvalue weighted by molar-refractivity contribution is 7.09. The molecule has 0 bridgehead atoms. The van der Waals surface area contributed by atoms with Crippen molar-refractivity contribution < 1.29 is 14.1 Å². The molecule has 2 aromatic heterocycles. The van der Waals surface area contributed by atoms with Crippen molar-refractivity contribution in [2.75, 3.05) is 6.54 Å². The number of nitro groups is 1. The van der Waals surface area contributed by atoms with Crippen molar-refractivity contribution in [2.24, 2.45) is 0 Å². The van der Waals surface area contributed by atoms with Crippen molar-refractivity contribution in [3.8, 4) is 0 Å². The van der Waals surface area contributed by atoms with Crippen molar-refractivity contribution in [1.82, 2.24) is 5.32 Å². The summed E-state index contributed by atoms with van der Waals surface area (Å²) in [5.41, 5.74) is -0.858. The van der Waals surface area contributed by atoms with E-state index in [0.29, 0.717) is 18.4 Å². The monoisotopic (exact) mass is 344 g/mol. The van der Waals surface area contributed by atoms with Crippen LogP contribution in [0.2, 0.25) is 0 Å². The first-order valence-electron chi connectivity index (χ1n) is 7.07. The number of carbonyl (C=O) groups is 1. The molecule has 0 saturated heterocycles. The molecular formula is C16H12N2O5S. The van der Waals surface area contributed by atoms with Gasteiger partial charge in [-0.2, -0.15) is 0 Å². The molecule has 1 aromatic carbocycles. The summed E-state index contributed by atoms with van der Waals surface area (Å²) in [7, 11) is 0. The van der Waals surface area contributed by atoms with E-state index in [4.69, 9.17) is 4.42 Å². The number of carbonyl (C=O) groups excluding carboxylic acids is 1. The zero-order valence-electron chi connectivity index (χ0n) is 12.4. The summed E-state index contributed by atoms with van der Waals surface area (Å²) >= 11 is 1.59. The summed E-state index contributed by atoms with van der Waals surface area (Å²) in [6.07, 6.45) is 0.673. The minimum Gasteiger partial charge on any atom is -0.417 e. The smallest absolute Gasteiger partial charge is 0.344 e. The molecule has 0 spiro atoms. The van der Waals surface area contributed by atoms with Gasteiger partial charge in [0.25, 0.3) is 11.6 Å². The maximum absolute atomic E-state index is 12.1. The number of nitro benzene ring substituents is 1. The minimum absolute atomic E-state index is 0.155. The predicted molar refractivity (Wildman–Crippen MR) is 89.5 cm³/mol. The third kappa shape index (κ3) is 3.33. The van der Waals surface area contributed by atoms with Crippen LogP contribution < -0.4 is 10.9 Å². The second-order valence-electron chi connectivity index (χ2n) is 5.01. The number of fused-ring (bicyclic) bond motifs is 1. The van der Waals surface area contributed by atoms with E-state index in [1.54, 1.807) is 11.3 Å². The number of nitrogens with one attached hydrogen (secondary N) is 1. The molecule has 0 fully saturated rings. The molecule has 0 unspecified atom stereocenters. The lowest BCUT2D eigenvalue weighted by molar-refractivity contribution is -0.384. The normalized spacial score (nSPS) is 10.7. The first-order chi connectivity index (χ1) is 11.5. The van der Waals surface area contributed by atoms with Gasteiger partial charge in [0, 0.05) is 23.6 Å². The Morgan fingerprint density at radius 2 is 2.12 bits per heavy atom. The van der Waals surface area contributed by atoms with E-state index >= 15 is 0 Å². The van der Waals surface area contributed by atoms with Crippen LogP contribution in [0, 0.1) is 10.1 Å². The van der Waals surface area contributed by atoms with Gasteiger partial charge in [0.05, 0.1) is 10.3 Å². The number of nitrogens with zero attached hydrogens (tertiary/aromatic N) is 1. The molecule has 0 aliphatic heterocycles. The van der Waals surface area contributed by atoms with Crippen LogP contribution in [0.15, 0.2) is 51.0 Å². The zero-order chi connectivity index (χ0) is 17.1. The topological polar surface area (TPSA) is 102 Å². The Bertz CT molecular complexity index is 962. The fraction of sp³-hybridized carbons (Fsp3) is 0.125. The highest BCUT2D eigenvalue weighted by Crippen LogP contribution is 2.19. The van der Waals surface area contributed by atoms with E-state index in [1.807, 2.05) is 17.5 Å². The van der Waals surface area contributed by atoms with Crippen molar-refractivity contribution >= 4 is 33.7 Å². The molecule has 3 aromatic rings. The summed E-state index contributed by atoms with van der Waals surface area (Å²) < 4.78 is 5.01. The average molecular weight is 344 g/mol. The molecule has 1 amide bonds. The largest absolute Gasteiger partial charge is 0.417 e. The zero-order valence-corrected chi connectivity index (χ0v) is 13.2. The van der Waals surface area contributed by atoms with Gasteiger partial charge < -0.3 is 9.73 Å². The van der Waals surface area contributed by atoms with Gasteiger partial charge in [0.15, 0.2) is 5.76 Å². The molecule has 7 nitrogen and oxygen atoms in total. The Labute approximate surface area is 139 Å². The molecule has 122 valence electrons. The van der Waals surface area contributed by atoms with Gasteiger partial charge in [-0.3, -0.25) is 14.9 Å². The van der Waals surface area contributed by atoms with Gasteiger partial charge in [-0.15, -0.1) is 11.3 Å². The van der Waals surface area contributed by atoms with E-state index in [9.17, 15) is 19.7 Å². The molecule has 8 heteroatoms. The summed E-state index contributed by atoms with van der Waals surface area (Å²) in [5.74, 6) is -0.698. The molecule has 2 heterocycles. The SMILES string of the molecule is O=C(NCCc1cccs1)c1cc2cc([N+](=O)[O-])ccc2c(=O)o1. The summed E-state index contributed by atoms with van der Waals surface area (Å²) in [6.45, 7) is 0.399.